The minimum atomic E-state index is -3.22. The number of amides is 8. The Balaban J connectivity index is 0.000000173. The minimum absolute atomic E-state index is 0.0359. The summed E-state index contributed by atoms with van der Waals surface area (Å²) in [4.78, 5) is 119. The molecular formula is C64H83ClN12O16S2. The summed E-state index contributed by atoms with van der Waals surface area (Å²) in [5, 5.41) is 31.3. The third-order valence-electron chi connectivity index (χ3n) is 16.9. The molecule has 0 bridgehead atoms. The molecule has 8 aliphatic rings. The summed E-state index contributed by atoms with van der Waals surface area (Å²) >= 11 is 0. The Morgan fingerprint density at radius 2 is 1.06 bits per heavy atom. The summed E-state index contributed by atoms with van der Waals surface area (Å²) in [6.07, 6.45) is 37.9. The molecule has 28 nitrogen and oxygen atoms in total. The van der Waals surface area contributed by atoms with Crippen LogP contribution in [-0.2, 0) is 49.1 Å². The number of carbonyl (C=O) groups is 10. The maximum Gasteiger partial charge on any atom is 0.264 e. The lowest BCUT2D eigenvalue weighted by atomic mass is 9.96. The number of hydrogen-bond acceptors (Lipinski definition) is 21. The molecule has 0 radical (unpaired) electrons. The highest BCUT2D eigenvalue weighted by Gasteiger charge is 2.47. The number of imide groups is 4. The lowest BCUT2D eigenvalue weighted by Crippen LogP contribution is -2.54. The number of aromatic amines is 1. The van der Waals surface area contributed by atoms with Crippen LogP contribution in [0.15, 0.2) is 73.6 Å². The van der Waals surface area contributed by atoms with E-state index in [4.69, 9.17) is 15.0 Å². The van der Waals surface area contributed by atoms with Crippen LogP contribution in [0.25, 0.3) is 0 Å². The molecule has 8 amide bonds. The topological polar surface area (TPSA) is 401 Å². The van der Waals surface area contributed by atoms with Crippen molar-refractivity contribution in [2.75, 3.05) is 23.6 Å². The Bertz CT molecular complexity index is 3730. The number of piperidine rings is 2. The quantitative estimate of drug-likeness (QED) is 0.0248. The van der Waals surface area contributed by atoms with E-state index < -0.39 is 72.6 Å². The highest BCUT2D eigenvalue weighted by atomic mass is 35.7. The Morgan fingerprint density at radius 3 is 1.49 bits per heavy atom. The van der Waals surface area contributed by atoms with Crippen LogP contribution >= 0.6 is 10.7 Å². The third-order valence-corrected chi connectivity index (χ3v) is 17.5. The number of hydrogen-bond donors (Lipinski definition) is 6. The van der Waals surface area contributed by atoms with Gasteiger partial charge in [0, 0.05) is 65.6 Å². The largest absolute Gasteiger partial charge is 0.398 e. The number of halogens is 1. The molecule has 95 heavy (non-hydrogen) atoms. The number of fused-ring (bicyclic) bond motifs is 2. The highest BCUT2D eigenvalue weighted by Crippen LogP contribution is 2.35. The highest BCUT2D eigenvalue weighted by molar-refractivity contribution is 8.13. The first-order valence-corrected chi connectivity index (χ1v) is 36.5. The smallest absolute Gasteiger partial charge is 0.264 e. The Morgan fingerprint density at radius 1 is 0.600 bits per heavy atom. The normalized spacial score (nSPS) is 20.1. The predicted molar refractivity (Wildman–Crippen MR) is 349 cm³/mol. The van der Waals surface area contributed by atoms with Crippen LogP contribution in [-0.4, -0.2) is 158 Å². The summed E-state index contributed by atoms with van der Waals surface area (Å²) in [7, 11) is -1.92. The third kappa shape index (κ3) is 22.1. The molecule has 2 aromatic carbocycles. The van der Waals surface area contributed by atoms with Crippen molar-refractivity contribution in [1.29, 1.82) is 0 Å². The molecule has 0 spiro atoms. The van der Waals surface area contributed by atoms with Gasteiger partial charge in [-0.05, 0) is 88.5 Å². The molecule has 5 aromatic rings. The summed E-state index contributed by atoms with van der Waals surface area (Å²) in [6, 6.07) is 8.70. The second-order valence-electron chi connectivity index (χ2n) is 24.2. The maximum absolute atomic E-state index is 13.2. The van der Waals surface area contributed by atoms with Gasteiger partial charge >= 0.3 is 0 Å². The van der Waals surface area contributed by atoms with Crippen LogP contribution in [0.5, 0.6) is 0 Å². The number of nitrogens with zero attached hydrogens (tertiary/aromatic N) is 7. The van der Waals surface area contributed by atoms with Gasteiger partial charge in [0.05, 0.1) is 88.8 Å². The fourth-order valence-electron chi connectivity index (χ4n) is 12.2. The molecule has 13 rings (SSSR count). The van der Waals surface area contributed by atoms with Gasteiger partial charge in [0.1, 0.15) is 12.1 Å². The lowest BCUT2D eigenvalue weighted by Gasteiger charge is -2.27. The summed E-state index contributed by atoms with van der Waals surface area (Å²) in [6.45, 7) is 0.461. The first-order chi connectivity index (χ1) is 45.3. The number of nitrogen functional groups attached to an aromatic ring is 1. The van der Waals surface area contributed by atoms with Crippen molar-refractivity contribution in [1.82, 2.24) is 50.2 Å². The predicted octanol–water partition coefficient (Wildman–Crippen LogP) is 7.29. The van der Waals surface area contributed by atoms with Gasteiger partial charge in [0.2, 0.25) is 32.7 Å². The van der Waals surface area contributed by atoms with Gasteiger partial charge in [-0.15, -0.1) is 0 Å². The zero-order valence-corrected chi connectivity index (χ0v) is 55.6. The van der Waals surface area contributed by atoms with E-state index in [1.807, 2.05) is 28.0 Å². The molecule has 4 aliphatic carbocycles. The second kappa shape index (κ2) is 35.4. The molecule has 31 heteroatoms. The fourth-order valence-corrected chi connectivity index (χ4v) is 12.9. The number of aliphatic hydroxyl groups excluding tert-OH is 1. The molecule has 4 saturated carbocycles. The molecule has 4 aliphatic heterocycles. The summed E-state index contributed by atoms with van der Waals surface area (Å²) in [5.74, 6) is -4.19. The van der Waals surface area contributed by atoms with E-state index >= 15 is 0 Å². The summed E-state index contributed by atoms with van der Waals surface area (Å²) < 4.78 is 49.0. The van der Waals surface area contributed by atoms with Crippen LogP contribution in [0, 0.1) is 0 Å². The number of benzene rings is 2. The SMILES string of the molecule is CS(=O)(=O)Cl.CS(=O)(=O)OC1CCCCC1.Nc1cccc2c1C(=O)N(C1CCC(=O)NC1=O)C2=O.O=C1CCC(N2C(=O)c3cccc(NCc4cnn(C5CCCCC5)c4)c3C2=O)C(=O)N1.O=Cc1cn[nH]c1.O=Cc1cnn(C2CCCCC2)c1.OC1CCCCC1. The zero-order chi connectivity index (χ0) is 68.8. The average molecular weight is 1380 g/mol. The molecule has 514 valence electrons. The Kier molecular flexibility index (Phi) is 27.6. The van der Waals surface area contributed by atoms with Crippen LogP contribution in [0.2, 0.25) is 0 Å². The standard InChI is InChI=1S/C23H25N5O4.C13H11N3O4.C10H14N2O.C7H14O3S.C6H12O.C4H4N2O.CH3ClO2S/c29-19-10-9-18(21(30)26-19)28-22(31)16-7-4-8-17(20(16)23(28)32)24-11-14-12-25-27(13-14)15-5-2-1-3-6-15;14-7-3-1-2-6-10(7)13(20)16(12(6)19)8-4-5-9(17)15-11(8)18;13-8-9-6-11-12(7-9)10-4-2-1-3-5-10;1-11(8,9)10-7-5-3-2-4-6-7;7-6-4-2-1-3-5-6;7-3-4-1-5-6-2-4;1-5(2,3)4/h4,7-8,12-13,15,18,24H,1-3,5-6,9-11H2,(H,26,29,30);1-3,8H,4-5,14H2,(H,15,17,18);6-8,10H,1-5H2;7H,2-6H2,1H3;6-7H,1-5H2;1-3H,(H,5,6);1H3. The van der Waals surface area contributed by atoms with E-state index in [-0.39, 0.29) is 71.7 Å². The van der Waals surface area contributed by atoms with Crippen molar-refractivity contribution >= 4 is 101 Å². The van der Waals surface area contributed by atoms with Crippen molar-refractivity contribution in [3.8, 4) is 0 Å². The fraction of sp³-hybridized carbons (Fsp3) is 0.516. The van der Waals surface area contributed by atoms with Crippen molar-refractivity contribution < 1.29 is 74.1 Å². The van der Waals surface area contributed by atoms with Crippen molar-refractivity contribution in [2.24, 2.45) is 0 Å². The molecule has 7 heterocycles. The number of aliphatic hydroxyl groups is 1. The van der Waals surface area contributed by atoms with E-state index in [0.29, 0.717) is 35.4 Å². The first-order valence-electron chi connectivity index (χ1n) is 31.9. The van der Waals surface area contributed by atoms with E-state index in [1.165, 1.54) is 102 Å². The number of H-pyrrole nitrogens is 1. The van der Waals surface area contributed by atoms with E-state index in [0.717, 1.165) is 91.8 Å². The number of aromatic nitrogens is 6. The average Bonchev–Trinajstić information content (AvgIpc) is 1.62. The van der Waals surface area contributed by atoms with Gasteiger partial charge in [-0.2, -0.15) is 23.7 Å². The number of carbonyl (C=O) groups excluding carboxylic acids is 10. The molecule has 2 saturated heterocycles. The van der Waals surface area contributed by atoms with Gasteiger partial charge < -0.3 is 16.2 Å². The number of rotatable bonds is 11. The molecule has 3 aromatic heterocycles. The summed E-state index contributed by atoms with van der Waals surface area (Å²) in [5.41, 5.74) is 9.58. The van der Waals surface area contributed by atoms with Crippen LogP contribution in [0.1, 0.15) is 234 Å². The maximum atomic E-state index is 13.2. The van der Waals surface area contributed by atoms with Crippen LogP contribution < -0.4 is 21.7 Å². The first kappa shape index (κ1) is 74.1. The number of aldehydes is 2. The Labute approximate surface area is 555 Å². The second-order valence-corrected chi connectivity index (χ2v) is 28.9. The van der Waals surface area contributed by atoms with Crippen LogP contribution in [0.4, 0.5) is 11.4 Å². The zero-order valence-electron chi connectivity index (χ0n) is 53.2. The van der Waals surface area contributed by atoms with Gasteiger partial charge in [0.25, 0.3) is 33.7 Å². The van der Waals surface area contributed by atoms with Gasteiger partial charge in [-0.25, -0.2) is 8.42 Å². The lowest BCUT2D eigenvalue weighted by molar-refractivity contribution is -0.137. The van der Waals surface area contributed by atoms with E-state index in [1.54, 1.807) is 30.5 Å². The van der Waals surface area contributed by atoms with Crippen LogP contribution in [0.3, 0.4) is 0 Å². The molecule has 7 N–H and O–H groups in total. The van der Waals surface area contributed by atoms with E-state index in [9.17, 15) is 64.8 Å². The van der Waals surface area contributed by atoms with Gasteiger partial charge in [-0.1, -0.05) is 89.2 Å². The number of nitrogens with two attached hydrogens (primary N) is 1. The molecule has 2 atom stereocenters. The molecule has 6 fully saturated rings. The Hall–Kier alpha value is -8.32. The van der Waals surface area contributed by atoms with Crippen molar-refractivity contribution in [3.05, 3.63) is 113 Å². The van der Waals surface area contributed by atoms with Gasteiger partial charge in [0.15, 0.2) is 12.6 Å². The monoisotopic (exact) mass is 1370 g/mol. The number of nitrogens with one attached hydrogen (secondary N) is 4. The molecule has 2 unspecified atom stereocenters. The molecular weight excluding hydrogens is 1290 g/mol. The van der Waals surface area contributed by atoms with Crippen molar-refractivity contribution in [3.63, 3.8) is 0 Å². The minimum Gasteiger partial charge on any atom is -0.398 e. The van der Waals surface area contributed by atoms with Crippen molar-refractivity contribution in [2.45, 2.75) is 197 Å². The van der Waals surface area contributed by atoms with Gasteiger partial charge in [-0.3, -0.25) is 87.0 Å². The van der Waals surface area contributed by atoms with E-state index in [2.05, 4.69) is 47.0 Å². The number of anilines is 2.